The Balaban J connectivity index is 1.56. The highest BCUT2D eigenvalue weighted by Gasteiger charge is 2.24. The molecule has 0 saturated carbocycles. The van der Waals surface area contributed by atoms with Gasteiger partial charge in [0.05, 0.1) is 12.2 Å². The SMILES string of the molecule is CCN(CCn1cccn1)Cc1c(C(=O)N(C)CCc2ccccc2)nc2c(C)cccn12. The maximum Gasteiger partial charge on any atom is 0.274 e. The molecule has 0 fully saturated rings. The van der Waals surface area contributed by atoms with Crippen LogP contribution in [0.3, 0.4) is 0 Å². The summed E-state index contributed by atoms with van der Waals surface area (Å²) >= 11 is 0. The normalized spacial score (nSPS) is 11.4. The standard InChI is InChI=1S/C26H32N6O/c1-4-30(18-19-31-15-9-14-27-31)20-23-24(28-25-21(2)10-8-16-32(23)25)26(33)29(3)17-13-22-11-6-5-7-12-22/h5-12,14-16H,4,13,17-20H2,1-3H3. The second-order valence-corrected chi connectivity index (χ2v) is 8.39. The first-order chi connectivity index (χ1) is 16.1. The summed E-state index contributed by atoms with van der Waals surface area (Å²) < 4.78 is 4.01. The van der Waals surface area contributed by atoms with E-state index in [4.69, 9.17) is 4.98 Å². The number of carbonyl (C=O) groups is 1. The van der Waals surface area contributed by atoms with E-state index in [-0.39, 0.29) is 5.91 Å². The van der Waals surface area contributed by atoms with Crippen molar-refractivity contribution in [3.63, 3.8) is 0 Å². The van der Waals surface area contributed by atoms with Crippen LogP contribution >= 0.6 is 0 Å². The van der Waals surface area contributed by atoms with Crippen molar-refractivity contribution in [2.45, 2.75) is 33.4 Å². The summed E-state index contributed by atoms with van der Waals surface area (Å²) in [6.45, 7) is 7.99. The molecule has 1 aromatic carbocycles. The smallest absolute Gasteiger partial charge is 0.274 e. The summed E-state index contributed by atoms with van der Waals surface area (Å²) in [5, 5.41) is 4.31. The minimum Gasteiger partial charge on any atom is -0.340 e. The number of fused-ring (bicyclic) bond motifs is 1. The maximum atomic E-state index is 13.5. The zero-order chi connectivity index (χ0) is 23.2. The van der Waals surface area contributed by atoms with E-state index in [2.05, 4.69) is 33.5 Å². The molecular weight excluding hydrogens is 412 g/mol. The van der Waals surface area contributed by atoms with Crippen LogP contribution in [0.25, 0.3) is 5.65 Å². The van der Waals surface area contributed by atoms with E-state index in [1.54, 1.807) is 11.1 Å². The number of carbonyl (C=O) groups excluding carboxylic acids is 1. The van der Waals surface area contributed by atoms with Crippen LogP contribution in [0.1, 0.15) is 34.2 Å². The highest BCUT2D eigenvalue weighted by molar-refractivity contribution is 5.94. The molecule has 0 N–H and O–H groups in total. The van der Waals surface area contributed by atoms with Gasteiger partial charge in [0.15, 0.2) is 5.69 Å². The Hall–Kier alpha value is -3.45. The molecule has 7 nitrogen and oxygen atoms in total. The summed E-state index contributed by atoms with van der Waals surface area (Å²) in [7, 11) is 1.86. The van der Waals surface area contributed by atoms with Gasteiger partial charge in [-0.2, -0.15) is 5.10 Å². The van der Waals surface area contributed by atoms with E-state index < -0.39 is 0 Å². The van der Waals surface area contributed by atoms with Crippen molar-refractivity contribution in [1.82, 2.24) is 29.0 Å². The van der Waals surface area contributed by atoms with Crippen molar-refractivity contribution in [3.8, 4) is 0 Å². The molecule has 4 rings (SSSR count). The van der Waals surface area contributed by atoms with Gasteiger partial charge in [-0.1, -0.05) is 43.3 Å². The third kappa shape index (κ3) is 5.31. The third-order valence-corrected chi connectivity index (χ3v) is 6.10. The fraction of sp³-hybridized carbons (Fsp3) is 0.346. The number of hydrogen-bond donors (Lipinski definition) is 0. The quantitative estimate of drug-likeness (QED) is 0.374. The van der Waals surface area contributed by atoms with Crippen molar-refractivity contribution in [1.29, 1.82) is 0 Å². The summed E-state index contributed by atoms with van der Waals surface area (Å²) in [4.78, 5) is 22.4. The van der Waals surface area contributed by atoms with Gasteiger partial charge < -0.3 is 9.30 Å². The molecule has 33 heavy (non-hydrogen) atoms. The summed E-state index contributed by atoms with van der Waals surface area (Å²) in [5.41, 5.74) is 4.60. The lowest BCUT2D eigenvalue weighted by Crippen LogP contribution is -2.32. The molecule has 0 unspecified atom stereocenters. The van der Waals surface area contributed by atoms with Crippen LogP contribution < -0.4 is 0 Å². The van der Waals surface area contributed by atoms with Crippen molar-refractivity contribution in [3.05, 3.63) is 89.6 Å². The number of hydrogen-bond acceptors (Lipinski definition) is 4. The Morgan fingerprint density at radius 3 is 2.58 bits per heavy atom. The number of nitrogens with zero attached hydrogens (tertiary/aromatic N) is 6. The average Bonchev–Trinajstić information content (AvgIpc) is 3.49. The van der Waals surface area contributed by atoms with E-state index in [1.807, 2.05) is 67.4 Å². The number of rotatable bonds is 10. The predicted octanol–water partition coefficient (Wildman–Crippen LogP) is 3.68. The molecule has 0 atom stereocenters. The number of aromatic nitrogens is 4. The predicted molar refractivity (Wildman–Crippen MR) is 130 cm³/mol. The van der Waals surface area contributed by atoms with E-state index in [0.717, 1.165) is 43.0 Å². The van der Waals surface area contributed by atoms with Crippen LogP contribution in [0, 0.1) is 6.92 Å². The van der Waals surface area contributed by atoms with Gasteiger partial charge >= 0.3 is 0 Å². The minimum atomic E-state index is -0.0350. The molecule has 0 aliphatic rings. The Bertz CT molecular complexity index is 1180. The second kappa shape index (κ2) is 10.4. The molecule has 0 aliphatic carbocycles. The number of imidazole rings is 1. The van der Waals surface area contributed by atoms with Crippen molar-refractivity contribution >= 4 is 11.6 Å². The molecule has 0 saturated heterocycles. The lowest BCUT2D eigenvalue weighted by atomic mass is 10.1. The van der Waals surface area contributed by atoms with Gasteiger partial charge in [0.1, 0.15) is 5.65 Å². The number of likely N-dealkylation sites (N-methyl/N-ethyl adjacent to an activating group) is 2. The van der Waals surface area contributed by atoms with Crippen molar-refractivity contribution < 1.29 is 4.79 Å². The Kier molecular flexibility index (Phi) is 7.19. The monoisotopic (exact) mass is 444 g/mol. The van der Waals surface area contributed by atoms with Crippen molar-refractivity contribution in [2.75, 3.05) is 26.7 Å². The van der Waals surface area contributed by atoms with Gasteiger partial charge in [-0.15, -0.1) is 0 Å². The molecule has 172 valence electrons. The molecule has 1 amide bonds. The molecule has 7 heteroatoms. The highest BCUT2D eigenvalue weighted by Crippen LogP contribution is 2.19. The molecule has 0 spiro atoms. The first-order valence-electron chi connectivity index (χ1n) is 11.5. The Morgan fingerprint density at radius 1 is 1.03 bits per heavy atom. The zero-order valence-corrected chi connectivity index (χ0v) is 19.7. The Morgan fingerprint density at radius 2 is 1.85 bits per heavy atom. The average molecular weight is 445 g/mol. The fourth-order valence-electron chi connectivity index (χ4n) is 4.04. The Labute approximate surface area is 195 Å². The van der Waals surface area contributed by atoms with Crippen LogP contribution in [0.5, 0.6) is 0 Å². The number of amides is 1. The van der Waals surface area contributed by atoms with Crippen molar-refractivity contribution in [2.24, 2.45) is 0 Å². The lowest BCUT2D eigenvalue weighted by molar-refractivity contribution is 0.0789. The summed E-state index contributed by atoms with van der Waals surface area (Å²) in [6.07, 6.45) is 6.59. The topological polar surface area (TPSA) is 58.7 Å². The molecule has 0 radical (unpaired) electrons. The van der Waals surface area contributed by atoms with Gasteiger partial charge in [0.2, 0.25) is 0 Å². The van der Waals surface area contributed by atoms with Gasteiger partial charge in [0.25, 0.3) is 5.91 Å². The van der Waals surface area contributed by atoms with Gasteiger partial charge in [-0.25, -0.2) is 4.98 Å². The first kappa shape index (κ1) is 22.7. The highest BCUT2D eigenvalue weighted by atomic mass is 16.2. The lowest BCUT2D eigenvalue weighted by Gasteiger charge is -2.22. The third-order valence-electron chi connectivity index (χ3n) is 6.10. The molecule has 3 aromatic heterocycles. The number of aryl methyl sites for hydroxylation is 1. The summed E-state index contributed by atoms with van der Waals surface area (Å²) in [6, 6.07) is 16.2. The fourth-order valence-corrected chi connectivity index (χ4v) is 4.04. The van der Waals surface area contributed by atoms with Crippen LogP contribution in [0.2, 0.25) is 0 Å². The molecule has 0 aliphatic heterocycles. The van der Waals surface area contributed by atoms with E-state index >= 15 is 0 Å². The number of benzene rings is 1. The van der Waals surface area contributed by atoms with Gasteiger partial charge in [-0.3, -0.25) is 14.4 Å². The number of pyridine rings is 1. The van der Waals surface area contributed by atoms with E-state index in [9.17, 15) is 4.79 Å². The molecular formula is C26H32N6O. The minimum absolute atomic E-state index is 0.0350. The summed E-state index contributed by atoms with van der Waals surface area (Å²) in [5.74, 6) is -0.0350. The van der Waals surface area contributed by atoms with Gasteiger partial charge in [0, 0.05) is 45.3 Å². The van der Waals surface area contributed by atoms with Crippen LogP contribution in [0.15, 0.2) is 67.1 Å². The molecule has 3 heterocycles. The molecule has 4 aromatic rings. The molecule has 0 bridgehead atoms. The van der Waals surface area contributed by atoms with E-state index in [1.165, 1.54) is 5.56 Å². The zero-order valence-electron chi connectivity index (χ0n) is 19.7. The van der Waals surface area contributed by atoms with E-state index in [0.29, 0.717) is 18.8 Å². The first-order valence-corrected chi connectivity index (χ1v) is 11.5. The largest absolute Gasteiger partial charge is 0.340 e. The van der Waals surface area contributed by atoms with Crippen LogP contribution in [-0.4, -0.2) is 61.6 Å². The van der Waals surface area contributed by atoms with Crippen LogP contribution in [-0.2, 0) is 19.5 Å². The second-order valence-electron chi connectivity index (χ2n) is 8.39. The van der Waals surface area contributed by atoms with Gasteiger partial charge in [-0.05, 0) is 43.1 Å². The maximum absolute atomic E-state index is 13.5. The van der Waals surface area contributed by atoms with Crippen LogP contribution in [0.4, 0.5) is 0 Å².